The van der Waals surface area contributed by atoms with Crippen molar-refractivity contribution in [2.24, 2.45) is 4.99 Å². The molecule has 154 valence electrons. The molecule has 0 bridgehead atoms. The Hall–Kier alpha value is -1.55. The highest BCUT2D eigenvalue weighted by Crippen LogP contribution is 2.31. The van der Waals surface area contributed by atoms with Gasteiger partial charge in [-0.05, 0) is 38.5 Å². The fourth-order valence-corrected chi connectivity index (χ4v) is 4.00. The zero-order valence-electron chi connectivity index (χ0n) is 16.9. The Morgan fingerprint density at radius 2 is 2.00 bits per heavy atom. The fourth-order valence-electron chi connectivity index (χ4n) is 3.07. The van der Waals surface area contributed by atoms with E-state index in [0.29, 0.717) is 13.2 Å². The van der Waals surface area contributed by atoms with E-state index in [-0.39, 0.29) is 24.0 Å². The Kier molecular flexibility index (Phi) is 8.81. The summed E-state index contributed by atoms with van der Waals surface area (Å²) in [4.78, 5) is 12.7. The van der Waals surface area contributed by atoms with Crippen molar-refractivity contribution >= 4 is 41.3 Å². The molecule has 28 heavy (non-hydrogen) atoms. The molecule has 3 rings (SSSR count). The number of ether oxygens (including phenoxy) is 2. The molecule has 0 atom stereocenters. The van der Waals surface area contributed by atoms with Gasteiger partial charge < -0.3 is 19.7 Å². The molecule has 1 aliphatic heterocycles. The first-order chi connectivity index (χ1) is 13.1. The van der Waals surface area contributed by atoms with Gasteiger partial charge in [0.2, 0.25) is 0 Å². The molecular weight excluding hydrogens is 487 g/mol. The zero-order chi connectivity index (χ0) is 19.2. The van der Waals surface area contributed by atoms with Gasteiger partial charge in [0.1, 0.15) is 13.2 Å². The van der Waals surface area contributed by atoms with Crippen LogP contribution in [0.25, 0.3) is 0 Å². The number of guanidine groups is 1. The molecular formula is C20H29IN4O2S. The van der Waals surface area contributed by atoms with Crippen LogP contribution in [0.3, 0.4) is 0 Å². The summed E-state index contributed by atoms with van der Waals surface area (Å²) in [5.74, 6) is 2.56. The maximum absolute atomic E-state index is 5.69. The van der Waals surface area contributed by atoms with Crippen molar-refractivity contribution in [2.45, 2.75) is 33.7 Å². The van der Waals surface area contributed by atoms with Gasteiger partial charge >= 0.3 is 0 Å². The molecule has 6 nitrogen and oxygen atoms in total. The van der Waals surface area contributed by atoms with Crippen LogP contribution in [0.15, 0.2) is 23.2 Å². The number of aliphatic imine (C=N–C) groups is 1. The fraction of sp³-hybridized carbons (Fsp3) is 0.500. The Bertz CT molecular complexity index is 809. The van der Waals surface area contributed by atoms with Crippen molar-refractivity contribution in [3.8, 4) is 11.5 Å². The van der Waals surface area contributed by atoms with Gasteiger partial charge in [0.05, 0.1) is 10.7 Å². The summed E-state index contributed by atoms with van der Waals surface area (Å²) in [6.07, 6.45) is 0.921. The number of aryl methyl sites for hydroxylation is 2. The maximum Gasteiger partial charge on any atom is 0.193 e. The van der Waals surface area contributed by atoms with E-state index >= 15 is 0 Å². The van der Waals surface area contributed by atoms with Gasteiger partial charge in [-0.1, -0.05) is 6.07 Å². The highest BCUT2D eigenvalue weighted by atomic mass is 127. The molecule has 1 aromatic carbocycles. The van der Waals surface area contributed by atoms with E-state index in [0.717, 1.165) is 54.2 Å². The number of fused-ring (bicyclic) bond motifs is 1. The minimum atomic E-state index is 0. The number of hydrogen-bond donors (Lipinski definition) is 1. The first kappa shape index (κ1) is 22.7. The van der Waals surface area contributed by atoms with Crippen LogP contribution < -0.4 is 14.8 Å². The average molecular weight is 516 g/mol. The molecule has 0 saturated heterocycles. The quantitative estimate of drug-likeness (QED) is 0.360. The number of benzene rings is 1. The van der Waals surface area contributed by atoms with Crippen LogP contribution >= 0.6 is 35.3 Å². The van der Waals surface area contributed by atoms with Crippen LogP contribution in [0, 0.1) is 13.8 Å². The number of rotatable bonds is 6. The molecule has 1 aromatic heterocycles. The molecule has 0 fully saturated rings. The van der Waals surface area contributed by atoms with Gasteiger partial charge in [0, 0.05) is 38.0 Å². The summed E-state index contributed by atoms with van der Waals surface area (Å²) >= 11 is 1.76. The molecule has 8 heteroatoms. The molecule has 1 aliphatic rings. The first-order valence-corrected chi connectivity index (χ1v) is 10.2. The number of hydrogen-bond acceptors (Lipinski definition) is 5. The molecule has 0 radical (unpaired) electrons. The summed E-state index contributed by atoms with van der Waals surface area (Å²) in [6.45, 7) is 9.76. The largest absolute Gasteiger partial charge is 0.486 e. The number of aromatic nitrogens is 1. The van der Waals surface area contributed by atoms with Gasteiger partial charge in [0.15, 0.2) is 17.5 Å². The van der Waals surface area contributed by atoms with Crippen LogP contribution in [0.5, 0.6) is 11.5 Å². The van der Waals surface area contributed by atoms with Gasteiger partial charge in [-0.3, -0.25) is 4.99 Å². The van der Waals surface area contributed by atoms with E-state index in [1.54, 1.807) is 11.3 Å². The topological polar surface area (TPSA) is 59.0 Å². The zero-order valence-corrected chi connectivity index (χ0v) is 20.1. The summed E-state index contributed by atoms with van der Waals surface area (Å²) in [6, 6.07) is 6.12. The van der Waals surface area contributed by atoms with Gasteiger partial charge in [-0.25, -0.2) is 4.98 Å². The van der Waals surface area contributed by atoms with Crippen molar-refractivity contribution in [1.82, 2.24) is 15.2 Å². The Morgan fingerprint density at radius 3 is 2.68 bits per heavy atom. The summed E-state index contributed by atoms with van der Waals surface area (Å²) < 4.78 is 11.3. The number of nitrogens with one attached hydrogen (secondary N) is 1. The Morgan fingerprint density at radius 1 is 1.25 bits per heavy atom. The van der Waals surface area contributed by atoms with E-state index in [1.165, 1.54) is 10.4 Å². The molecule has 1 N–H and O–H groups in total. The molecule has 0 unspecified atom stereocenters. The number of halogens is 1. The van der Waals surface area contributed by atoms with Crippen LogP contribution in [0.2, 0.25) is 0 Å². The van der Waals surface area contributed by atoms with Crippen LogP contribution in [0.1, 0.15) is 28.1 Å². The van der Waals surface area contributed by atoms with Gasteiger partial charge in [0.25, 0.3) is 0 Å². The van der Waals surface area contributed by atoms with Gasteiger partial charge in [-0.15, -0.1) is 35.3 Å². The second kappa shape index (κ2) is 10.8. The lowest BCUT2D eigenvalue weighted by atomic mass is 10.2. The normalized spacial score (nSPS) is 13.1. The smallest absolute Gasteiger partial charge is 0.193 e. The van der Waals surface area contributed by atoms with E-state index in [1.807, 2.05) is 6.07 Å². The second-order valence-corrected chi connectivity index (χ2v) is 7.85. The standard InChI is InChI=1S/C20H28N4O2S.HI/c1-5-21-20(22-9-8-19-14(2)23-15(3)27-19)24(4)13-16-6-7-17-18(12-16)26-11-10-25-17;/h6-7,12H,5,8-11,13H2,1-4H3,(H,21,22);1H. The van der Waals surface area contributed by atoms with E-state index in [2.05, 4.69) is 55.2 Å². The van der Waals surface area contributed by atoms with Crippen LogP contribution in [0.4, 0.5) is 0 Å². The third-order valence-corrected chi connectivity index (χ3v) is 5.46. The maximum atomic E-state index is 5.69. The summed E-state index contributed by atoms with van der Waals surface area (Å²) in [5, 5.41) is 4.50. The Balaban J connectivity index is 0.00000280. The summed E-state index contributed by atoms with van der Waals surface area (Å²) in [7, 11) is 2.06. The van der Waals surface area contributed by atoms with Crippen LogP contribution in [-0.4, -0.2) is 49.2 Å². The van der Waals surface area contributed by atoms with Crippen LogP contribution in [-0.2, 0) is 13.0 Å². The van der Waals surface area contributed by atoms with Gasteiger partial charge in [-0.2, -0.15) is 0 Å². The van der Waals surface area contributed by atoms with Crippen molar-refractivity contribution in [1.29, 1.82) is 0 Å². The van der Waals surface area contributed by atoms with E-state index in [4.69, 9.17) is 14.5 Å². The highest BCUT2D eigenvalue weighted by Gasteiger charge is 2.13. The second-order valence-electron chi connectivity index (χ2n) is 6.56. The molecule has 2 aromatic rings. The lowest BCUT2D eigenvalue weighted by Gasteiger charge is -2.24. The average Bonchev–Trinajstić information content (AvgIpc) is 2.98. The predicted octanol–water partition coefficient (Wildman–Crippen LogP) is 3.79. The molecule has 2 heterocycles. The minimum absolute atomic E-state index is 0. The van der Waals surface area contributed by atoms with E-state index in [9.17, 15) is 0 Å². The van der Waals surface area contributed by atoms with Crippen molar-refractivity contribution in [2.75, 3.05) is 33.4 Å². The first-order valence-electron chi connectivity index (χ1n) is 9.37. The minimum Gasteiger partial charge on any atom is -0.486 e. The molecule has 0 amide bonds. The lowest BCUT2D eigenvalue weighted by molar-refractivity contribution is 0.171. The van der Waals surface area contributed by atoms with Crippen molar-refractivity contribution < 1.29 is 9.47 Å². The van der Waals surface area contributed by atoms with Crippen molar-refractivity contribution in [3.63, 3.8) is 0 Å². The molecule has 0 aliphatic carbocycles. The highest BCUT2D eigenvalue weighted by molar-refractivity contribution is 14.0. The third kappa shape index (κ3) is 5.97. The van der Waals surface area contributed by atoms with Crippen molar-refractivity contribution in [3.05, 3.63) is 39.3 Å². The third-order valence-electron chi connectivity index (χ3n) is 4.32. The van der Waals surface area contributed by atoms with E-state index < -0.39 is 0 Å². The Labute approximate surface area is 188 Å². The molecule has 0 saturated carbocycles. The lowest BCUT2D eigenvalue weighted by Crippen LogP contribution is -2.38. The number of thiazole rings is 1. The molecule has 0 spiro atoms. The monoisotopic (exact) mass is 516 g/mol. The summed E-state index contributed by atoms with van der Waals surface area (Å²) in [5.41, 5.74) is 2.30. The number of nitrogens with zero attached hydrogens (tertiary/aromatic N) is 3. The predicted molar refractivity (Wildman–Crippen MR) is 126 cm³/mol. The SMILES string of the molecule is CCNC(=NCCc1sc(C)nc1C)N(C)Cc1ccc2c(c1)OCCO2.I.